The van der Waals surface area contributed by atoms with Gasteiger partial charge in [-0.05, 0) is 112 Å². The number of thioether (sulfide) groups is 1. The van der Waals surface area contributed by atoms with Gasteiger partial charge in [0.1, 0.15) is 29.5 Å². The third-order valence-electron chi connectivity index (χ3n) is 14.9. The average Bonchev–Trinajstić information content (AvgIpc) is 3.34. The van der Waals surface area contributed by atoms with E-state index >= 15 is 4.79 Å². The number of hydrogen-bond donors (Lipinski definition) is 3. The first kappa shape index (κ1) is 45.8. The van der Waals surface area contributed by atoms with Gasteiger partial charge in [-0.25, -0.2) is 0 Å². The first-order chi connectivity index (χ1) is 31.0. The van der Waals surface area contributed by atoms with Gasteiger partial charge in [0, 0.05) is 84.4 Å². The van der Waals surface area contributed by atoms with E-state index in [9.17, 15) is 9.90 Å². The highest BCUT2D eigenvalue weighted by Crippen LogP contribution is 2.73. The molecular weight excluding hydrogens is 837 g/mol. The second-order valence-corrected chi connectivity index (χ2v) is 21.6. The number of carbonyl (C=O) groups is 2. The summed E-state index contributed by atoms with van der Waals surface area (Å²) in [6.07, 6.45) is 13.7. The van der Waals surface area contributed by atoms with Crippen LogP contribution in [0.5, 0.6) is 17.2 Å². The van der Waals surface area contributed by atoms with Crippen LogP contribution in [0.2, 0.25) is 0 Å². The molecule has 65 heavy (non-hydrogen) atoms. The second kappa shape index (κ2) is 17.4. The zero-order valence-corrected chi connectivity index (χ0v) is 40.6. The lowest BCUT2D eigenvalue weighted by Gasteiger charge is -2.61. The highest BCUT2D eigenvalue weighted by molar-refractivity contribution is 8.00. The van der Waals surface area contributed by atoms with Gasteiger partial charge in [0.05, 0.1) is 34.7 Å². The van der Waals surface area contributed by atoms with Gasteiger partial charge in [-0.3, -0.25) is 14.5 Å². The molecule has 1 amide bonds. The topological polar surface area (TPSA) is 122 Å². The summed E-state index contributed by atoms with van der Waals surface area (Å²) in [4.78, 5) is 34.9. The van der Waals surface area contributed by atoms with Gasteiger partial charge in [-0.1, -0.05) is 41.5 Å². The average molecular weight is 905 g/mol. The first-order valence-corrected chi connectivity index (χ1v) is 24.6. The molecule has 5 fully saturated rings. The number of allylic oxidation sites excluding steroid dienone is 4. The Kier molecular flexibility index (Phi) is 12.3. The Labute approximate surface area is 389 Å². The van der Waals surface area contributed by atoms with Crippen molar-refractivity contribution < 1.29 is 33.6 Å². The number of ketones is 1. The fourth-order valence-electron chi connectivity index (χ4n) is 11.5. The van der Waals surface area contributed by atoms with Crippen LogP contribution < -0.4 is 24.8 Å². The summed E-state index contributed by atoms with van der Waals surface area (Å²) in [5.41, 5.74) is 4.37. The maximum atomic E-state index is 15.7. The molecular formula is C53H68N4O7S. The van der Waals surface area contributed by atoms with Gasteiger partial charge in [0.25, 0.3) is 0 Å². The Morgan fingerprint density at radius 3 is 2.51 bits per heavy atom. The summed E-state index contributed by atoms with van der Waals surface area (Å²) >= 11 is 1.74. The zero-order valence-electron chi connectivity index (χ0n) is 39.8. The van der Waals surface area contributed by atoms with E-state index in [-0.39, 0.29) is 48.3 Å². The number of carbonyl (C=O) groups excluding carboxylic acids is 2. The summed E-state index contributed by atoms with van der Waals surface area (Å²) in [6, 6.07) is 8.38. The van der Waals surface area contributed by atoms with Gasteiger partial charge in [0.2, 0.25) is 5.91 Å². The lowest BCUT2D eigenvalue weighted by atomic mass is 9.49. The molecule has 4 bridgehead atoms. The molecule has 3 N–H and O–H groups in total. The van der Waals surface area contributed by atoms with Crippen LogP contribution in [0.3, 0.4) is 0 Å². The van der Waals surface area contributed by atoms with E-state index in [2.05, 4.69) is 125 Å². The SMILES string of the molecule is CC(C)=CCCC1(C)C=Cc2c(c(CC=C(C)C)c3c(c2OCCN2CCN(C)CC2)C2=C4C(Sc5ccccc5N2)C2CC5C(C)(C)OC(C/C=C(/C)C(=O)NCCO)(C2=O)C45O3)O1. The van der Waals surface area contributed by atoms with Crippen molar-refractivity contribution in [2.45, 2.75) is 120 Å². The Bertz CT molecular complexity index is 2420. The minimum absolute atomic E-state index is 0.0149. The summed E-state index contributed by atoms with van der Waals surface area (Å²) in [5.74, 6) is 1.24. The van der Waals surface area contributed by atoms with Gasteiger partial charge in [-0.15, -0.1) is 11.8 Å². The van der Waals surface area contributed by atoms with Crippen molar-refractivity contribution in [3.63, 3.8) is 0 Å². The normalized spacial score (nSPS) is 29.3. The number of aliphatic hydroxyl groups excluding tert-OH is 1. The summed E-state index contributed by atoms with van der Waals surface area (Å²) in [7, 11) is 2.18. The number of aliphatic hydroxyl groups is 1. The van der Waals surface area contributed by atoms with Crippen molar-refractivity contribution in [2.24, 2.45) is 11.8 Å². The Balaban J connectivity index is 1.30. The number of nitrogens with one attached hydrogen (secondary N) is 2. The van der Waals surface area contributed by atoms with Gasteiger partial charge in [0.15, 0.2) is 17.0 Å². The number of ether oxygens (including phenoxy) is 4. The molecule has 1 spiro atoms. The van der Waals surface area contributed by atoms with E-state index in [1.54, 1.807) is 18.7 Å². The Morgan fingerprint density at radius 2 is 1.77 bits per heavy atom. The number of amides is 1. The molecule has 6 unspecified atom stereocenters. The zero-order chi connectivity index (χ0) is 46.1. The van der Waals surface area contributed by atoms with Crippen molar-refractivity contribution in [2.75, 3.05) is 64.8 Å². The highest BCUT2D eigenvalue weighted by Gasteiger charge is 2.83. The molecule has 8 aliphatic rings. The first-order valence-electron chi connectivity index (χ1n) is 23.7. The van der Waals surface area contributed by atoms with Crippen molar-refractivity contribution in [3.05, 3.63) is 87.6 Å². The fraction of sp³-hybridized carbons (Fsp3) is 0.547. The molecule has 10 rings (SSSR count). The number of anilines is 1. The van der Waals surface area contributed by atoms with Crippen LogP contribution in [0.15, 0.2) is 75.8 Å². The minimum Gasteiger partial charge on any atom is -0.491 e. The van der Waals surface area contributed by atoms with Gasteiger partial charge >= 0.3 is 0 Å². The highest BCUT2D eigenvalue weighted by atomic mass is 32.2. The number of fused-ring (bicyclic) bond motifs is 4. The van der Waals surface area contributed by atoms with Crippen LogP contribution in [0.1, 0.15) is 97.8 Å². The van der Waals surface area contributed by atoms with E-state index < -0.39 is 22.4 Å². The fourth-order valence-corrected chi connectivity index (χ4v) is 13.0. The minimum atomic E-state index is -1.46. The van der Waals surface area contributed by atoms with E-state index in [1.165, 1.54) is 11.1 Å². The summed E-state index contributed by atoms with van der Waals surface area (Å²) in [6.45, 7) is 21.8. The molecule has 11 nitrogen and oxygen atoms in total. The van der Waals surface area contributed by atoms with E-state index in [1.807, 2.05) is 6.08 Å². The predicted molar refractivity (Wildman–Crippen MR) is 259 cm³/mol. The maximum Gasteiger partial charge on any atom is 0.246 e. The Hall–Kier alpha value is -4.33. The predicted octanol–water partition coefficient (Wildman–Crippen LogP) is 8.37. The van der Waals surface area contributed by atoms with Crippen LogP contribution in [0.25, 0.3) is 11.8 Å². The molecule has 3 saturated carbocycles. The number of rotatable bonds is 14. The van der Waals surface area contributed by atoms with Crippen LogP contribution in [-0.4, -0.2) is 114 Å². The number of piperazine rings is 1. The maximum absolute atomic E-state index is 15.7. The van der Waals surface area contributed by atoms with Crippen LogP contribution in [-0.2, 0) is 20.7 Å². The molecule has 5 heterocycles. The molecule has 2 aromatic rings. The van der Waals surface area contributed by atoms with E-state index in [4.69, 9.17) is 18.9 Å². The monoisotopic (exact) mass is 904 g/mol. The quantitative estimate of drug-likeness (QED) is 0.125. The smallest absolute Gasteiger partial charge is 0.246 e. The van der Waals surface area contributed by atoms with E-state index in [0.29, 0.717) is 36.5 Å². The number of nitrogens with zero attached hydrogens (tertiary/aromatic N) is 2. The molecule has 0 radical (unpaired) electrons. The molecule has 3 aliphatic carbocycles. The third kappa shape index (κ3) is 7.78. The Morgan fingerprint density at radius 1 is 1.02 bits per heavy atom. The van der Waals surface area contributed by atoms with Crippen molar-refractivity contribution >= 4 is 40.9 Å². The van der Waals surface area contributed by atoms with Crippen molar-refractivity contribution in [3.8, 4) is 17.2 Å². The number of benzene rings is 2. The number of Topliss-reactive ketones (excluding diaryl/α,β-unsaturated/α-hetero) is 1. The molecule has 0 aromatic heterocycles. The lowest BCUT2D eigenvalue weighted by molar-refractivity contribution is -0.176. The molecule has 5 aliphatic heterocycles. The summed E-state index contributed by atoms with van der Waals surface area (Å²) in [5, 5.41) is 16.0. The van der Waals surface area contributed by atoms with Gasteiger partial charge in [-0.2, -0.15) is 0 Å². The molecule has 12 heteroatoms. The largest absolute Gasteiger partial charge is 0.491 e. The molecule has 2 saturated heterocycles. The summed E-state index contributed by atoms with van der Waals surface area (Å²) < 4.78 is 29.9. The standard InChI is InChI=1S/C53H68N4O7S/c1-32(2)13-12-20-51(8)21-19-36-44(62-51)35(17-16-33(3)4)46-41(45(36)61-30-28-57-26-24-56(9)25-27-57)43-42-47(65-39-15-11-10-14-38(39)55-43)37-31-40-50(6,7)64-52(48(37)59,53(40,42)63-46)22-18-34(5)49(60)54-23-29-58/h10-11,13-16,18-19,21,37,40,47,55,58H,12,17,20,22-31H2,1-9H3,(H,54,60)/b34-18-. The number of hydrogen-bond acceptors (Lipinski definition) is 11. The number of likely N-dealkylation sites (N-methyl/N-ethyl adjacent to an activating group) is 1. The van der Waals surface area contributed by atoms with Crippen LogP contribution in [0.4, 0.5) is 5.69 Å². The third-order valence-corrected chi connectivity index (χ3v) is 16.3. The lowest BCUT2D eigenvalue weighted by Crippen LogP contribution is -2.75. The molecule has 348 valence electrons. The number of para-hydroxylation sites is 1. The second-order valence-electron chi connectivity index (χ2n) is 20.5. The van der Waals surface area contributed by atoms with Crippen LogP contribution >= 0.6 is 11.8 Å². The van der Waals surface area contributed by atoms with Crippen molar-refractivity contribution in [1.29, 1.82) is 0 Å². The van der Waals surface area contributed by atoms with Crippen molar-refractivity contribution in [1.82, 2.24) is 15.1 Å². The van der Waals surface area contributed by atoms with Gasteiger partial charge < -0.3 is 39.6 Å². The molecule has 2 aromatic carbocycles. The van der Waals surface area contributed by atoms with Crippen LogP contribution in [0, 0.1) is 11.8 Å². The van der Waals surface area contributed by atoms with E-state index in [0.717, 1.165) is 89.9 Å². The molecule has 6 atom stereocenters.